The first-order valence-electron chi connectivity index (χ1n) is 11.5. The SMILES string of the molecule is CCCCNCC(C)CCC(CC)CCC.c1ccc(-c2ccccc2)cc1. The van der Waals surface area contributed by atoms with Crippen LogP contribution in [0, 0.1) is 11.8 Å². The first-order chi connectivity index (χ1) is 13.7. The molecule has 0 aromatic heterocycles. The summed E-state index contributed by atoms with van der Waals surface area (Å²) in [5.41, 5.74) is 2.55. The molecule has 0 aliphatic heterocycles. The first kappa shape index (κ1) is 24.4. The summed E-state index contributed by atoms with van der Waals surface area (Å²) in [7, 11) is 0. The lowest BCUT2D eigenvalue weighted by atomic mass is 9.91. The highest BCUT2D eigenvalue weighted by atomic mass is 14.8. The molecule has 2 aromatic carbocycles. The Kier molecular flexibility index (Phi) is 14.3. The quantitative estimate of drug-likeness (QED) is 0.367. The molecule has 0 aliphatic rings. The zero-order chi connectivity index (χ0) is 20.5. The molecule has 1 N–H and O–H groups in total. The van der Waals surface area contributed by atoms with Gasteiger partial charge in [0.1, 0.15) is 0 Å². The largest absolute Gasteiger partial charge is 0.316 e. The van der Waals surface area contributed by atoms with Gasteiger partial charge in [0.25, 0.3) is 0 Å². The van der Waals surface area contributed by atoms with Crippen molar-refractivity contribution in [2.45, 2.75) is 72.6 Å². The van der Waals surface area contributed by atoms with Gasteiger partial charge in [-0.1, -0.05) is 120 Å². The standard InChI is InChI=1S/C15H33N.C12H10/c1-5-8-12-16-13-14(4)10-11-15(7-3)9-6-2;1-3-7-11(8-4-1)12-9-5-2-6-10-12/h14-16H,5-13H2,1-4H3;1-10H. The Hall–Kier alpha value is -1.60. The lowest BCUT2D eigenvalue weighted by Gasteiger charge is -2.17. The van der Waals surface area contributed by atoms with Gasteiger partial charge >= 0.3 is 0 Å². The van der Waals surface area contributed by atoms with Crippen LogP contribution in [0.4, 0.5) is 0 Å². The number of nitrogens with one attached hydrogen (secondary N) is 1. The molecule has 0 aliphatic carbocycles. The van der Waals surface area contributed by atoms with Crippen LogP contribution in [0.2, 0.25) is 0 Å². The Balaban J connectivity index is 0.000000289. The average molecular weight is 382 g/mol. The van der Waals surface area contributed by atoms with E-state index in [9.17, 15) is 0 Å². The lowest BCUT2D eigenvalue weighted by molar-refractivity contribution is 0.368. The van der Waals surface area contributed by atoms with Gasteiger partial charge in [0.05, 0.1) is 0 Å². The maximum Gasteiger partial charge on any atom is -0.00232 e. The van der Waals surface area contributed by atoms with Crippen molar-refractivity contribution in [1.29, 1.82) is 0 Å². The molecule has 0 spiro atoms. The Bertz CT molecular complexity index is 526. The van der Waals surface area contributed by atoms with Crippen molar-refractivity contribution in [3.63, 3.8) is 0 Å². The number of unbranched alkanes of at least 4 members (excludes halogenated alkanes) is 1. The van der Waals surface area contributed by atoms with Gasteiger partial charge in [-0.25, -0.2) is 0 Å². The molecule has 2 atom stereocenters. The maximum atomic E-state index is 3.56. The predicted octanol–water partition coefficient (Wildman–Crippen LogP) is 7.97. The Labute approximate surface area is 175 Å². The summed E-state index contributed by atoms with van der Waals surface area (Å²) in [6.07, 6.45) is 9.59. The molecule has 2 rings (SSSR count). The number of benzene rings is 2. The van der Waals surface area contributed by atoms with Crippen LogP contribution in [-0.4, -0.2) is 13.1 Å². The fourth-order valence-corrected chi connectivity index (χ4v) is 3.49. The van der Waals surface area contributed by atoms with Crippen LogP contribution < -0.4 is 5.32 Å². The van der Waals surface area contributed by atoms with Gasteiger partial charge in [0.2, 0.25) is 0 Å². The van der Waals surface area contributed by atoms with Gasteiger partial charge in [-0.05, 0) is 48.9 Å². The Morgan fingerprint density at radius 2 is 1.29 bits per heavy atom. The van der Waals surface area contributed by atoms with Crippen LogP contribution in [0.25, 0.3) is 11.1 Å². The molecule has 2 aromatic rings. The zero-order valence-electron chi connectivity index (χ0n) is 18.8. The molecule has 0 heterocycles. The van der Waals surface area contributed by atoms with Crippen molar-refractivity contribution in [1.82, 2.24) is 5.32 Å². The van der Waals surface area contributed by atoms with Crippen molar-refractivity contribution in [3.05, 3.63) is 60.7 Å². The summed E-state index contributed by atoms with van der Waals surface area (Å²) in [4.78, 5) is 0. The summed E-state index contributed by atoms with van der Waals surface area (Å²) in [6, 6.07) is 20.8. The zero-order valence-corrected chi connectivity index (χ0v) is 18.8. The van der Waals surface area contributed by atoms with E-state index >= 15 is 0 Å². The molecule has 28 heavy (non-hydrogen) atoms. The summed E-state index contributed by atoms with van der Waals surface area (Å²) in [6.45, 7) is 11.7. The molecule has 0 bridgehead atoms. The van der Waals surface area contributed by atoms with E-state index < -0.39 is 0 Å². The second-order valence-electron chi connectivity index (χ2n) is 8.04. The van der Waals surface area contributed by atoms with E-state index in [1.54, 1.807) is 0 Å². The van der Waals surface area contributed by atoms with Gasteiger partial charge in [-0.2, -0.15) is 0 Å². The normalized spacial score (nSPS) is 12.7. The van der Waals surface area contributed by atoms with Gasteiger partial charge < -0.3 is 5.32 Å². The van der Waals surface area contributed by atoms with Crippen molar-refractivity contribution in [2.75, 3.05) is 13.1 Å². The van der Waals surface area contributed by atoms with Crippen LogP contribution >= 0.6 is 0 Å². The summed E-state index contributed by atoms with van der Waals surface area (Å²) < 4.78 is 0. The minimum atomic E-state index is 0.850. The van der Waals surface area contributed by atoms with Crippen LogP contribution in [0.15, 0.2) is 60.7 Å². The molecule has 1 heteroatoms. The van der Waals surface area contributed by atoms with Crippen molar-refractivity contribution < 1.29 is 0 Å². The van der Waals surface area contributed by atoms with E-state index in [-0.39, 0.29) is 0 Å². The highest BCUT2D eigenvalue weighted by Gasteiger charge is 2.08. The van der Waals surface area contributed by atoms with Crippen molar-refractivity contribution in [3.8, 4) is 11.1 Å². The van der Waals surface area contributed by atoms with Gasteiger partial charge in [-0.15, -0.1) is 0 Å². The van der Waals surface area contributed by atoms with E-state index in [0.29, 0.717) is 0 Å². The van der Waals surface area contributed by atoms with Gasteiger partial charge in [-0.3, -0.25) is 0 Å². The monoisotopic (exact) mass is 381 g/mol. The van der Waals surface area contributed by atoms with Gasteiger partial charge in [0, 0.05) is 0 Å². The van der Waals surface area contributed by atoms with Crippen molar-refractivity contribution >= 4 is 0 Å². The lowest BCUT2D eigenvalue weighted by Crippen LogP contribution is -2.22. The number of hydrogen-bond donors (Lipinski definition) is 1. The van der Waals surface area contributed by atoms with Crippen LogP contribution in [-0.2, 0) is 0 Å². The molecular formula is C27H43N. The Morgan fingerprint density at radius 3 is 1.75 bits per heavy atom. The van der Waals surface area contributed by atoms with Crippen LogP contribution in [0.1, 0.15) is 72.6 Å². The van der Waals surface area contributed by atoms with E-state index in [1.165, 1.54) is 69.2 Å². The van der Waals surface area contributed by atoms with E-state index in [4.69, 9.17) is 0 Å². The molecule has 0 saturated carbocycles. The molecule has 0 saturated heterocycles. The number of rotatable bonds is 12. The van der Waals surface area contributed by atoms with Gasteiger partial charge in [0.15, 0.2) is 0 Å². The number of hydrogen-bond acceptors (Lipinski definition) is 1. The molecule has 1 nitrogen and oxygen atoms in total. The second-order valence-corrected chi connectivity index (χ2v) is 8.04. The molecular weight excluding hydrogens is 338 g/mol. The molecule has 0 amide bonds. The minimum Gasteiger partial charge on any atom is -0.316 e. The summed E-state index contributed by atoms with van der Waals surface area (Å²) >= 11 is 0. The molecule has 0 radical (unpaired) electrons. The van der Waals surface area contributed by atoms with Crippen molar-refractivity contribution in [2.24, 2.45) is 11.8 Å². The summed E-state index contributed by atoms with van der Waals surface area (Å²) in [5, 5.41) is 3.56. The fraction of sp³-hybridized carbons (Fsp3) is 0.556. The maximum absolute atomic E-state index is 3.56. The van der Waals surface area contributed by atoms with Crippen LogP contribution in [0.5, 0.6) is 0 Å². The van der Waals surface area contributed by atoms with Crippen LogP contribution in [0.3, 0.4) is 0 Å². The molecule has 2 unspecified atom stereocenters. The third-order valence-electron chi connectivity index (χ3n) is 5.42. The molecule has 156 valence electrons. The smallest absolute Gasteiger partial charge is 0.00232 e. The Morgan fingerprint density at radius 1 is 0.714 bits per heavy atom. The predicted molar refractivity (Wildman–Crippen MR) is 127 cm³/mol. The van der Waals surface area contributed by atoms with E-state index in [2.05, 4.69) is 81.5 Å². The van der Waals surface area contributed by atoms with E-state index in [1.807, 2.05) is 12.1 Å². The third kappa shape index (κ3) is 11.3. The first-order valence-corrected chi connectivity index (χ1v) is 11.5. The molecule has 0 fully saturated rings. The average Bonchev–Trinajstić information content (AvgIpc) is 2.76. The summed E-state index contributed by atoms with van der Waals surface area (Å²) in [5.74, 6) is 1.82. The highest BCUT2D eigenvalue weighted by Crippen LogP contribution is 2.20. The third-order valence-corrected chi connectivity index (χ3v) is 5.42. The minimum absolute atomic E-state index is 0.850. The topological polar surface area (TPSA) is 12.0 Å². The fourth-order valence-electron chi connectivity index (χ4n) is 3.49. The highest BCUT2D eigenvalue weighted by molar-refractivity contribution is 5.62. The second kappa shape index (κ2) is 16.4. The van der Waals surface area contributed by atoms with E-state index in [0.717, 1.165) is 11.8 Å².